The largest absolute Gasteiger partial charge is 0.350 e. The van der Waals surface area contributed by atoms with Crippen LogP contribution in [0, 0.1) is 5.92 Å². The summed E-state index contributed by atoms with van der Waals surface area (Å²) in [5.41, 5.74) is 1.12. The van der Waals surface area contributed by atoms with Crippen LogP contribution < -0.4 is 10.6 Å². The van der Waals surface area contributed by atoms with Crippen LogP contribution in [0.15, 0.2) is 47.8 Å². The Morgan fingerprint density at radius 1 is 1.19 bits per heavy atom. The Labute approximate surface area is 129 Å². The second-order valence-electron chi connectivity index (χ2n) is 5.50. The lowest BCUT2D eigenvalue weighted by Gasteiger charge is -2.17. The number of rotatable bonds is 7. The second kappa shape index (κ2) is 6.87. The minimum Gasteiger partial charge on any atom is -0.350 e. The van der Waals surface area contributed by atoms with Crippen LogP contribution in [-0.2, 0) is 11.3 Å². The first-order valence-corrected chi connectivity index (χ1v) is 8.29. The average molecular weight is 300 g/mol. The van der Waals surface area contributed by atoms with Gasteiger partial charge in [-0.1, -0.05) is 36.4 Å². The maximum Gasteiger partial charge on any atom is 0.242 e. The second-order valence-corrected chi connectivity index (χ2v) is 6.48. The van der Waals surface area contributed by atoms with E-state index >= 15 is 0 Å². The summed E-state index contributed by atoms with van der Waals surface area (Å²) >= 11 is 1.63. The number of hydrogen-bond acceptors (Lipinski definition) is 3. The lowest BCUT2D eigenvalue weighted by atomic mass is 10.2. The number of amides is 1. The van der Waals surface area contributed by atoms with Gasteiger partial charge in [0.05, 0.1) is 0 Å². The molecule has 0 bridgehead atoms. The molecule has 1 fully saturated rings. The topological polar surface area (TPSA) is 41.1 Å². The Bertz CT molecular complexity index is 564. The van der Waals surface area contributed by atoms with E-state index in [4.69, 9.17) is 0 Å². The van der Waals surface area contributed by atoms with Gasteiger partial charge in [0.25, 0.3) is 0 Å². The fraction of sp³-hybridized carbons (Fsp3) is 0.353. The third kappa shape index (κ3) is 4.16. The van der Waals surface area contributed by atoms with E-state index in [0.29, 0.717) is 6.54 Å². The van der Waals surface area contributed by atoms with Crippen LogP contribution in [0.25, 0.3) is 0 Å². The van der Waals surface area contributed by atoms with Crippen molar-refractivity contribution in [3.05, 3.63) is 58.3 Å². The Kier molecular flexibility index (Phi) is 4.68. The molecule has 3 rings (SSSR count). The fourth-order valence-electron chi connectivity index (χ4n) is 2.27. The maximum atomic E-state index is 12.5. The third-order valence-corrected chi connectivity index (χ3v) is 4.64. The van der Waals surface area contributed by atoms with Gasteiger partial charge in [0.1, 0.15) is 6.04 Å². The van der Waals surface area contributed by atoms with Crippen LogP contribution in [0.4, 0.5) is 0 Å². The first kappa shape index (κ1) is 14.3. The first-order chi connectivity index (χ1) is 10.3. The molecule has 1 saturated carbocycles. The Morgan fingerprint density at radius 3 is 2.67 bits per heavy atom. The molecular weight excluding hydrogens is 280 g/mol. The number of carbonyl (C=O) groups is 1. The van der Waals surface area contributed by atoms with Gasteiger partial charge < -0.3 is 10.6 Å². The highest BCUT2D eigenvalue weighted by molar-refractivity contribution is 7.10. The molecular formula is C17H20N2OS. The standard InChI is InChI=1S/C17H20N2OS/c20-17(19-12-13-5-2-1-3-6-13)16(15-7-4-10-21-15)18-11-14-8-9-14/h1-7,10,14,16,18H,8-9,11-12H2,(H,19,20). The van der Waals surface area contributed by atoms with Crippen LogP contribution >= 0.6 is 11.3 Å². The lowest BCUT2D eigenvalue weighted by molar-refractivity contribution is -0.123. The summed E-state index contributed by atoms with van der Waals surface area (Å²) in [6.07, 6.45) is 2.57. The molecule has 4 heteroatoms. The monoisotopic (exact) mass is 300 g/mol. The minimum atomic E-state index is -0.227. The van der Waals surface area contributed by atoms with Crippen LogP contribution in [-0.4, -0.2) is 12.5 Å². The SMILES string of the molecule is O=C(NCc1ccccc1)C(NCC1CC1)c1cccs1. The highest BCUT2D eigenvalue weighted by atomic mass is 32.1. The van der Waals surface area contributed by atoms with E-state index in [1.54, 1.807) is 11.3 Å². The molecule has 2 N–H and O–H groups in total. The Morgan fingerprint density at radius 2 is 2.00 bits per heavy atom. The quantitative estimate of drug-likeness (QED) is 0.825. The Hall–Kier alpha value is -1.65. The molecule has 3 nitrogen and oxygen atoms in total. The number of benzene rings is 1. The molecule has 110 valence electrons. The maximum absolute atomic E-state index is 12.5. The van der Waals surface area contributed by atoms with Crippen molar-refractivity contribution in [2.75, 3.05) is 6.54 Å². The fourth-order valence-corrected chi connectivity index (χ4v) is 3.07. The van der Waals surface area contributed by atoms with Gasteiger partial charge in [-0.15, -0.1) is 11.3 Å². The summed E-state index contributed by atoms with van der Waals surface area (Å²) in [6.45, 7) is 1.51. The highest BCUT2D eigenvalue weighted by Crippen LogP contribution is 2.29. The molecule has 21 heavy (non-hydrogen) atoms. The third-order valence-electron chi connectivity index (χ3n) is 3.71. The summed E-state index contributed by atoms with van der Waals surface area (Å²) in [5, 5.41) is 8.47. The van der Waals surface area contributed by atoms with Crippen molar-refractivity contribution in [2.24, 2.45) is 5.92 Å². The van der Waals surface area contributed by atoms with Crippen molar-refractivity contribution >= 4 is 17.2 Å². The molecule has 1 aliphatic carbocycles. The molecule has 1 aliphatic rings. The summed E-state index contributed by atoms with van der Waals surface area (Å²) in [6, 6.07) is 13.8. The molecule has 2 aromatic rings. The molecule has 0 radical (unpaired) electrons. The van der Waals surface area contributed by atoms with Crippen molar-refractivity contribution in [2.45, 2.75) is 25.4 Å². The highest BCUT2D eigenvalue weighted by Gasteiger charge is 2.26. The molecule has 0 saturated heterocycles. The van der Waals surface area contributed by atoms with Gasteiger partial charge in [0.2, 0.25) is 5.91 Å². The van der Waals surface area contributed by atoms with E-state index in [9.17, 15) is 4.79 Å². The minimum absolute atomic E-state index is 0.0574. The van der Waals surface area contributed by atoms with E-state index in [2.05, 4.69) is 10.6 Å². The van der Waals surface area contributed by atoms with Gasteiger partial charge in [0, 0.05) is 11.4 Å². The zero-order valence-electron chi connectivity index (χ0n) is 11.9. The number of carbonyl (C=O) groups excluding carboxylic acids is 1. The van der Waals surface area contributed by atoms with E-state index < -0.39 is 0 Å². The van der Waals surface area contributed by atoms with Crippen molar-refractivity contribution in [3.63, 3.8) is 0 Å². The van der Waals surface area contributed by atoms with Crippen molar-refractivity contribution in [1.29, 1.82) is 0 Å². The molecule has 1 aromatic heterocycles. The van der Waals surface area contributed by atoms with Gasteiger partial charge in [-0.05, 0) is 42.3 Å². The molecule has 0 aliphatic heterocycles. The summed E-state index contributed by atoms with van der Waals surface area (Å²) in [7, 11) is 0. The van der Waals surface area contributed by atoms with Crippen LogP contribution in [0.1, 0.15) is 29.3 Å². The normalized spacial score (nSPS) is 15.6. The zero-order chi connectivity index (χ0) is 14.5. The van der Waals surface area contributed by atoms with Crippen LogP contribution in [0.5, 0.6) is 0 Å². The molecule has 1 aromatic carbocycles. The van der Waals surface area contributed by atoms with Crippen molar-refractivity contribution < 1.29 is 4.79 Å². The van der Waals surface area contributed by atoms with Crippen molar-refractivity contribution in [1.82, 2.24) is 10.6 Å². The number of nitrogens with one attached hydrogen (secondary N) is 2. The van der Waals surface area contributed by atoms with Gasteiger partial charge in [-0.25, -0.2) is 0 Å². The van der Waals surface area contributed by atoms with E-state index in [0.717, 1.165) is 22.9 Å². The van der Waals surface area contributed by atoms with E-state index in [1.807, 2.05) is 47.8 Å². The van der Waals surface area contributed by atoms with E-state index in [1.165, 1.54) is 12.8 Å². The van der Waals surface area contributed by atoms with Gasteiger partial charge >= 0.3 is 0 Å². The summed E-state index contributed by atoms with van der Waals surface area (Å²) in [4.78, 5) is 13.6. The Balaban J connectivity index is 1.59. The van der Waals surface area contributed by atoms with Gasteiger partial charge in [0.15, 0.2) is 0 Å². The molecule has 1 heterocycles. The average Bonchev–Trinajstić information content (AvgIpc) is 3.19. The number of hydrogen-bond donors (Lipinski definition) is 2. The predicted octanol–water partition coefficient (Wildman–Crippen LogP) is 3.11. The van der Waals surface area contributed by atoms with Gasteiger partial charge in [-0.3, -0.25) is 4.79 Å². The molecule has 1 amide bonds. The van der Waals surface area contributed by atoms with E-state index in [-0.39, 0.29) is 11.9 Å². The van der Waals surface area contributed by atoms with Crippen LogP contribution in [0.2, 0.25) is 0 Å². The molecule has 1 unspecified atom stereocenters. The van der Waals surface area contributed by atoms with Crippen LogP contribution in [0.3, 0.4) is 0 Å². The summed E-state index contributed by atoms with van der Waals surface area (Å²) < 4.78 is 0. The number of thiophene rings is 1. The van der Waals surface area contributed by atoms with Gasteiger partial charge in [-0.2, -0.15) is 0 Å². The van der Waals surface area contributed by atoms with Crippen molar-refractivity contribution in [3.8, 4) is 0 Å². The summed E-state index contributed by atoms with van der Waals surface area (Å²) in [5.74, 6) is 0.816. The lowest BCUT2D eigenvalue weighted by Crippen LogP contribution is -2.37. The predicted molar refractivity (Wildman–Crippen MR) is 86.1 cm³/mol. The molecule has 0 spiro atoms. The smallest absolute Gasteiger partial charge is 0.242 e. The first-order valence-electron chi connectivity index (χ1n) is 7.41. The zero-order valence-corrected chi connectivity index (χ0v) is 12.7. The molecule has 1 atom stereocenters.